The predicted octanol–water partition coefficient (Wildman–Crippen LogP) is 5.39. The number of nitrogens with zero attached hydrogens (tertiary/aromatic N) is 1. The van der Waals surface area contributed by atoms with Crippen molar-refractivity contribution in [1.29, 1.82) is 5.26 Å². The van der Waals surface area contributed by atoms with E-state index in [2.05, 4.69) is 21.2 Å². The number of benzene rings is 2. The third-order valence-electron chi connectivity index (χ3n) is 2.99. The number of halogens is 6. The van der Waals surface area contributed by atoms with Crippen LogP contribution in [0.4, 0.5) is 27.6 Å². The van der Waals surface area contributed by atoms with Crippen molar-refractivity contribution in [2.75, 3.05) is 5.32 Å². The number of hydrogen-bond donors (Lipinski definition) is 1. The van der Waals surface area contributed by atoms with Crippen molar-refractivity contribution < 1.29 is 31.5 Å². The fraction of sp³-hybridized carbons (Fsp3) is 0.125. The first kappa shape index (κ1) is 19.7. The SMILES string of the molecule is N#CCC(=O)Nc1cc(Br)ccc1Oc1c(F)cc(C(F)(F)F)cc1F. The van der Waals surface area contributed by atoms with E-state index in [0.29, 0.717) is 4.47 Å². The first-order valence-corrected chi connectivity index (χ1v) is 7.61. The summed E-state index contributed by atoms with van der Waals surface area (Å²) >= 11 is 3.13. The highest BCUT2D eigenvalue weighted by Crippen LogP contribution is 2.38. The summed E-state index contributed by atoms with van der Waals surface area (Å²) in [5, 5.41) is 10.8. The zero-order chi connectivity index (χ0) is 19.5. The summed E-state index contributed by atoms with van der Waals surface area (Å²) in [7, 11) is 0. The second-order valence-corrected chi connectivity index (χ2v) is 5.81. The third kappa shape index (κ3) is 4.70. The van der Waals surface area contributed by atoms with E-state index in [0.717, 1.165) is 0 Å². The Morgan fingerprint density at radius 1 is 1.19 bits per heavy atom. The summed E-state index contributed by atoms with van der Waals surface area (Å²) in [4.78, 5) is 11.5. The summed E-state index contributed by atoms with van der Waals surface area (Å²) in [6.07, 6.45) is -5.40. The van der Waals surface area contributed by atoms with Gasteiger partial charge in [-0.15, -0.1) is 0 Å². The van der Waals surface area contributed by atoms with E-state index in [-0.39, 0.29) is 23.6 Å². The molecule has 0 bridgehead atoms. The van der Waals surface area contributed by atoms with Gasteiger partial charge in [-0.2, -0.15) is 18.4 Å². The van der Waals surface area contributed by atoms with E-state index in [1.807, 2.05) is 0 Å². The normalized spacial score (nSPS) is 11.0. The lowest BCUT2D eigenvalue weighted by atomic mass is 10.2. The topological polar surface area (TPSA) is 62.1 Å². The average molecular weight is 435 g/mol. The second-order valence-electron chi connectivity index (χ2n) is 4.89. The minimum atomic E-state index is -4.92. The molecule has 26 heavy (non-hydrogen) atoms. The summed E-state index contributed by atoms with van der Waals surface area (Å²) in [6.45, 7) is 0. The molecule has 0 aromatic heterocycles. The molecule has 0 saturated carbocycles. The number of rotatable bonds is 4. The van der Waals surface area contributed by atoms with Gasteiger partial charge in [0, 0.05) is 4.47 Å². The molecule has 0 aliphatic rings. The number of hydrogen-bond acceptors (Lipinski definition) is 3. The smallest absolute Gasteiger partial charge is 0.416 e. The molecule has 2 rings (SSSR count). The van der Waals surface area contributed by atoms with E-state index in [4.69, 9.17) is 10.00 Å². The molecular formula is C16H8BrF5N2O2. The Hall–Kier alpha value is -2.67. The van der Waals surface area contributed by atoms with Crippen LogP contribution in [0.15, 0.2) is 34.8 Å². The van der Waals surface area contributed by atoms with Crippen molar-refractivity contribution in [1.82, 2.24) is 0 Å². The van der Waals surface area contributed by atoms with E-state index >= 15 is 0 Å². The van der Waals surface area contributed by atoms with Crippen molar-refractivity contribution in [3.63, 3.8) is 0 Å². The highest BCUT2D eigenvalue weighted by Gasteiger charge is 2.33. The zero-order valence-corrected chi connectivity index (χ0v) is 14.2. The molecule has 0 atom stereocenters. The average Bonchev–Trinajstić information content (AvgIpc) is 2.51. The van der Waals surface area contributed by atoms with Gasteiger partial charge in [-0.25, -0.2) is 8.78 Å². The summed E-state index contributed by atoms with van der Waals surface area (Å²) in [5.41, 5.74) is -1.53. The summed E-state index contributed by atoms with van der Waals surface area (Å²) in [6, 6.07) is 5.83. The molecule has 10 heteroatoms. The number of nitriles is 1. The van der Waals surface area contributed by atoms with Crippen LogP contribution in [0.3, 0.4) is 0 Å². The van der Waals surface area contributed by atoms with Crippen molar-refractivity contribution in [2.24, 2.45) is 0 Å². The van der Waals surface area contributed by atoms with Gasteiger partial charge < -0.3 is 10.1 Å². The predicted molar refractivity (Wildman–Crippen MR) is 84.4 cm³/mol. The van der Waals surface area contributed by atoms with Crippen molar-refractivity contribution in [3.05, 3.63) is 52.0 Å². The standard InChI is InChI=1S/C16H8BrF5N2O2/c17-9-1-2-13(12(7-9)24-14(25)3-4-23)26-15-10(18)5-8(6-11(15)19)16(20,21)22/h1-2,5-7H,3H2,(H,24,25). The lowest BCUT2D eigenvalue weighted by Gasteiger charge is -2.14. The maximum Gasteiger partial charge on any atom is 0.416 e. The van der Waals surface area contributed by atoms with Gasteiger partial charge in [0.1, 0.15) is 6.42 Å². The quantitative estimate of drug-likeness (QED) is 0.656. The maximum atomic E-state index is 13.9. The second kappa shape index (κ2) is 7.70. The molecule has 0 aliphatic carbocycles. The maximum absolute atomic E-state index is 13.9. The van der Waals surface area contributed by atoms with E-state index in [1.54, 1.807) is 6.07 Å². The van der Waals surface area contributed by atoms with Gasteiger partial charge in [0.2, 0.25) is 5.91 Å². The van der Waals surface area contributed by atoms with Gasteiger partial charge >= 0.3 is 6.18 Å². The van der Waals surface area contributed by atoms with Gasteiger partial charge in [-0.3, -0.25) is 4.79 Å². The van der Waals surface area contributed by atoms with E-state index in [9.17, 15) is 26.7 Å². The van der Waals surface area contributed by atoms with E-state index < -0.39 is 41.5 Å². The lowest BCUT2D eigenvalue weighted by molar-refractivity contribution is -0.138. The molecule has 0 radical (unpaired) electrons. The van der Waals surface area contributed by atoms with Crippen molar-refractivity contribution >= 4 is 27.5 Å². The molecule has 136 valence electrons. The molecule has 0 saturated heterocycles. The van der Waals surface area contributed by atoms with Gasteiger partial charge in [0.15, 0.2) is 23.1 Å². The molecule has 0 spiro atoms. The van der Waals surface area contributed by atoms with Gasteiger partial charge in [-0.1, -0.05) is 15.9 Å². The highest BCUT2D eigenvalue weighted by molar-refractivity contribution is 9.10. The first-order chi connectivity index (χ1) is 12.1. The van der Waals surface area contributed by atoms with Gasteiger partial charge in [0.05, 0.1) is 17.3 Å². The van der Waals surface area contributed by atoms with Crippen LogP contribution in [0, 0.1) is 23.0 Å². The minimum absolute atomic E-state index is 0.0293. The van der Waals surface area contributed by atoms with Crippen LogP contribution in [-0.4, -0.2) is 5.91 Å². The molecule has 4 nitrogen and oxygen atoms in total. The Kier molecular flexibility index (Phi) is 5.82. The Morgan fingerprint density at radius 2 is 1.81 bits per heavy atom. The van der Waals surface area contributed by atoms with Crippen LogP contribution in [-0.2, 0) is 11.0 Å². The Bertz CT molecular complexity index is 870. The lowest BCUT2D eigenvalue weighted by Crippen LogP contribution is -2.11. The van der Waals surface area contributed by atoms with Crippen LogP contribution in [0.2, 0.25) is 0 Å². The number of carbonyl (C=O) groups excluding carboxylic acids is 1. The molecular weight excluding hydrogens is 427 g/mol. The highest BCUT2D eigenvalue weighted by atomic mass is 79.9. The van der Waals surface area contributed by atoms with Crippen molar-refractivity contribution in [3.8, 4) is 17.6 Å². The molecule has 0 fully saturated rings. The number of nitrogens with one attached hydrogen (secondary N) is 1. The van der Waals surface area contributed by atoms with Crippen LogP contribution in [0.1, 0.15) is 12.0 Å². The fourth-order valence-corrected chi connectivity index (χ4v) is 2.25. The number of anilines is 1. The molecule has 2 aromatic carbocycles. The van der Waals surface area contributed by atoms with Crippen molar-refractivity contribution in [2.45, 2.75) is 12.6 Å². The number of amides is 1. The monoisotopic (exact) mass is 434 g/mol. The fourth-order valence-electron chi connectivity index (χ4n) is 1.89. The number of carbonyl (C=O) groups is 1. The first-order valence-electron chi connectivity index (χ1n) is 6.82. The van der Waals surface area contributed by atoms with Crippen LogP contribution in [0.25, 0.3) is 0 Å². The summed E-state index contributed by atoms with van der Waals surface area (Å²) in [5.74, 6) is -5.11. The third-order valence-corrected chi connectivity index (χ3v) is 3.49. The summed E-state index contributed by atoms with van der Waals surface area (Å²) < 4.78 is 71.1. The minimum Gasteiger partial charge on any atom is -0.449 e. The van der Waals surface area contributed by atoms with Gasteiger partial charge in [0.25, 0.3) is 0 Å². The van der Waals surface area contributed by atoms with Gasteiger partial charge in [-0.05, 0) is 30.3 Å². The number of alkyl halides is 3. The van der Waals surface area contributed by atoms with E-state index in [1.165, 1.54) is 18.2 Å². The molecule has 0 unspecified atom stereocenters. The molecule has 0 heterocycles. The molecule has 1 N–H and O–H groups in total. The van der Waals surface area contributed by atoms with Crippen LogP contribution < -0.4 is 10.1 Å². The Labute approximate surface area is 152 Å². The Balaban J connectivity index is 2.40. The molecule has 2 aromatic rings. The molecule has 1 amide bonds. The zero-order valence-electron chi connectivity index (χ0n) is 12.6. The molecule has 0 aliphatic heterocycles. The largest absolute Gasteiger partial charge is 0.449 e. The number of ether oxygens (including phenoxy) is 1. The van der Waals surface area contributed by atoms with Crippen LogP contribution >= 0.6 is 15.9 Å². The Morgan fingerprint density at radius 3 is 2.35 bits per heavy atom. The van der Waals surface area contributed by atoms with Crippen LogP contribution in [0.5, 0.6) is 11.5 Å².